The number of aldehydes is 1. The zero-order chi connectivity index (χ0) is 11.3. The summed E-state index contributed by atoms with van der Waals surface area (Å²) in [4.78, 5) is 12.8. The van der Waals surface area contributed by atoms with E-state index in [1.165, 1.54) is 0 Å². The molecule has 1 rings (SSSR count). The zero-order valence-electron chi connectivity index (χ0n) is 9.23. The Morgan fingerprint density at radius 1 is 1.40 bits per heavy atom. The molecule has 3 heteroatoms. The Morgan fingerprint density at radius 2 is 2.13 bits per heavy atom. The summed E-state index contributed by atoms with van der Waals surface area (Å²) in [7, 11) is 0. The molecule has 0 atom stereocenters. The van der Waals surface area contributed by atoms with Gasteiger partial charge in [0, 0.05) is 18.8 Å². The van der Waals surface area contributed by atoms with Crippen molar-refractivity contribution in [2.24, 2.45) is 0 Å². The van der Waals surface area contributed by atoms with Crippen LogP contribution in [0.15, 0.2) is 18.2 Å². The molecule has 0 saturated heterocycles. The highest BCUT2D eigenvalue weighted by Crippen LogP contribution is 2.22. The van der Waals surface area contributed by atoms with Gasteiger partial charge in [0.15, 0.2) is 6.29 Å². The van der Waals surface area contributed by atoms with Gasteiger partial charge in [-0.05, 0) is 31.5 Å². The second kappa shape index (κ2) is 5.39. The van der Waals surface area contributed by atoms with Crippen LogP contribution in [0.25, 0.3) is 0 Å². The smallest absolute Gasteiger partial charge is 0.153 e. The number of benzene rings is 1. The first-order chi connectivity index (χ1) is 7.22. The summed E-state index contributed by atoms with van der Waals surface area (Å²) in [6.45, 7) is 6.04. The molecule has 0 aliphatic carbocycles. The molecule has 15 heavy (non-hydrogen) atoms. The van der Waals surface area contributed by atoms with E-state index in [-0.39, 0.29) is 5.75 Å². The molecule has 0 aliphatic rings. The van der Waals surface area contributed by atoms with Crippen molar-refractivity contribution in [2.75, 3.05) is 18.0 Å². The van der Waals surface area contributed by atoms with Gasteiger partial charge in [-0.25, -0.2) is 0 Å². The number of carbonyl (C=O) groups is 1. The van der Waals surface area contributed by atoms with Gasteiger partial charge in [0.05, 0.1) is 5.56 Å². The minimum absolute atomic E-state index is 0.0429. The van der Waals surface area contributed by atoms with Crippen molar-refractivity contribution >= 4 is 12.0 Å². The lowest BCUT2D eigenvalue weighted by atomic mass is 10.1. The van der Waals surface area contributed by atoms with Crippen molar-refractivity contribution in [3.63, 3.8) is 0 Å². The number of nitrogens with zero attached hydrogens (tertiary/aromatic N) is 1. The van der Waals surface area contributed by atoms with Gasteiger partial charge in [-0.15, -0.1) is 0 Å². The molecule has 0 aliphatic heterocycles. The maximum absolute atomic E-state index is 10.7. The van der Waals surface area contributed by atoms with Gasteiger partial charge in [-0.2, -0.15) is 0 Å². The van der Waals surface area contributed by atoms with Gasteiger partial charge in [0.25, 0.3) is 0 Å². The van der Waals surface area contributed by atoms with Gasteiger partial charge in [-0.3, -0.25) is 4.79 Å². The zero-order valence-corrected chi connectivity index (χ0v) is 9.23. The van der Waals surface area contributed by atoms with E-state index >= 15 is 0 Å². The van der Waals surface area contributed by atoms with Crippen LogP contribution in [0, 0.1) is 0 Å². The summed E-state index contributed by atoms with van der Waals surface area (Å²) >= 11 is 0. The molecule has 1 aromatic rings. The molecule has 0 heterocycles. The molecule has 0 amide bonds. The first-order valence-corrected chi connectivity index (χ1v) is 5.26. The van der Waals surface area contributed by atoms with Crippen LogP contribution in [0.1, 0.15) is 30.6 Å². The summed E-state index contributed by atoms with van der Waals surface area (Å²) in [6, 6.07) is 5.13. The quantitative estimate of drug-likeness (QED) is 0.754. The molecule has 3 nitrogen and oxygen atoms in total. The molecule has 0 saturated carbocycles. The van der Waals surface area contributed by atoms with Crippen LogP contribution in [0.5, 0.6) is 5.75 Å². The molecule has 0 aromatic heterocycles. The Balaban J connectivity index is 2.97. The summed E-state index contributed by atoms with van der Waals surface area (Å²) in [6.07, 6.45) is 1.74. The molecule has 1 N–H and O–H groups in total. The fraction of sp³-hybridized carbons (Fsp3) is 0.417. The predicted octanol–water partition coefficient (Wildman–Crippen LogP) is 2.44. The number of aromatic hydroxyl groups is 1. The highest BCUT2D eigenvalue weighted by atomic mass is 16.3. The number of hydrogen-bond acceptors (Lipinski definition) is 3. The van der Waals surface area contributed by atoms with E-state index in [0.29, 0.717) is 11.8 Å². The van der Waals surface area contributed by atoms with Crippen LogP contribution in [-0.4, -0.2) is 24.5 Å². The van der Waals surface area contributed by atoms with Gasteiger partial charge in [-0.1, -0.05) is 6.92 Å². The third-order valence-electron chi connectivity index (χ3n) is 2.38. The SMILES string of the molecule is CCCN(CC)c1ccc(O)c(C=O)c1. The second-order valence-electron chi connectivity index (χ2n) is 3.44. The Morgan fingerprint density at radius 3 is 2.67 bits per heavy atom. The maximum atomic E-state index is 10.7. The maximum Gasteiger partial charge on any atom is 0.153 e. The summed E-state index contributed by atoms with van der Waals surface area (Å²) in [5, 5.41) is 9.37. The molecule has 0 spiro atoms. The van der Waals surface area contributed by atoms with Crippen molar-refractivity contribution in [3.8, 4) is 5.75 Å². The highest BCUT2D eigenvalue weighted by Gasteiger charge is 2.06. The Kier molecular flexibility index (Phi) is 4.16. The number of carbonyl (C=O) groups excluding carboxylic acids is 1. The third kappa shape index (κ3) is 2.72. The van der Waals surface area contributed by atoms with E-state index in [1.54, 1.807) is 12.1 Å². The Bertz CT molecular complexity index is 336. The average Bonchev–Trinajstić information content (AvgIpc) is 2.27. The van der Waals surface area contributed by atoms with Gasteiger partial charge >= 0.3 is 0 Å². The number of rotatable bonds is 5. The molecule has 0 bridgehead atoms. The van der Waals surface area contributed by atoms with E-state index in [2.05, 4.69) is 18.7 Å². The Hall–Kier alpha value is -1.51. The predicted molar refractivity (Wildman–Crippen MR) is 61.7 cm³/mol. The molecule has 82 valence electrons. The molecule has 0 unspecified atom stereocenters. The molecular weight excluding hydrogens is 190 g/mol. The van der Waals surface area contributed by atoms with Crippen LogP contribution in [-0.2, 0) is 0 Å². The van der Waals surface area contributed by atoms with Crippen LogP contribution < -0.4 is 4.90 Å². The van der Waals surface area contributed by atoms with E-state index in [9.17, 15) is 9.90 Å². The van der Waals surface area contributed by atoms with Crippen LogP contribution in [0.3, 0.4) is 0 Å². The van der Waals surface area contributed by atoms with E-state index in [4.69, 9.17) is 0 Å². The minimum Gasteiger partial charge on any atom is -0.507 e. The van der Waals surface area contributed by atoms with E-state index < -0.39 is 0 Å². The van der Waals surface area contributed by atoms with Crippen molar-refractivity contribution in [1.82, 2.24) is 0 Å². The van der Waals surface area contributed by atoms with E-state index in [1.807, 2.05) is 6.07 Å². The molecular formula is C12H17NO2. The highest BCUT2D eigenvalue weighted by molar-refractivity contribution is 5.81. The first-order valence-electron chi connectivity index (χ1n) is 5.26. The number of phenols is 1. The summed E-state index contributed by atoms with van der Waals surface area (Å²) in [5.41, 5.74) is 1.33. The topological polar surface area (TPSA) is 40.5 Å². The van der Waals surface area contributed by atoms with Gasteiger partial charge < -0.3 is 10.0 Å². The lowest BCUT2D eigenvalue weighted by molar-refractivity contribution is 0.112. The Labute approximate surface area is 90.3 Å². The second-order valence-corrected chi connectivity index (χ2v) is 3.44. The van der Waals surface area contributed by atoms with Crippen LogP contribution in [0.4, 0.5) is 5.69 Å². The van der Waals surface area contributed by atoms with Gasteiger partial charge in [0.1, 0.15) is 5.75 Å². The molecule has 0 radical (unpaired) electrons. The summed E-state index contributed by atoms with van der Waals surface area (Å²) < 4.78 is 0. The summed E-state index contributed by atoms with van der Waals surface area (Å²) in [5.74, 6) is 0.0429. The minimum atomic E-state index is 0.0429. The first kappa shape index (κ1) is 11.6. The van der Waals surface area contributed by atoms with E-state index in [0.717, 1.165) is 25.2 Å². The normalized spacial score (nSPS) is 10.0. The average molecular weight is 207 g/mol. The number of phenolic OH excluding ortho intramolecular Hbond substituents is 1. The largest absolute Gasteiger partial charge is 0.507 e. The van der Waals surface area contributed by atoms with Crippen LogP contribution in [0.2, 0.25) is 0 Å². The van der Waals surface area contributed by atoms with Gasteiger partial charge in [0.2, 0.25) is 0 Å². The fourth-order valence-corrected chi connectivity index (χ4v) is 1.57. The number of hydrogen-bond donors (Lipinski definition) is 1. The fourth-order valence-electron chi connectivity index (χ4n) is 1.57. The third-order valence-corrected chi connectivity index (χ3v) is 2.38. The van der Waals surface area contributed by atoms with Crippen molar-refractivity contribution in [2.45, 2.75) is 20.3 Å². The van der Waals surface area contributed by atoms with Crippen molar-refractivity contribution in [1.29, 1.82) is 0 Å². The lowest BCUT2D eigenvalue weighted by Gasteiger charge is -2.22. The number of anilines is 1. The molecule has 0 fully saturated rings. The van der Waals surface area contributed by atoms with Crippen LogP contribution >= 0.6 is 0 Å². The monoisotopic (exact) mass is 207 g/mol. The standard InChI is InChI=1S/C12H17NO2/c1-3-7-13(4-2)11-5-6-12(15)10(8-11)9-14/h5-6,8-9,15H,3-4,7H2,1-2H3. The van der Waals surface area contributed by atoms with Crippen molar-refractivity contribution in [3.05, 3.63) is 23.8 Å². The lowest BCUT2D eigenvalue weighted by Crippen LogP contribution is -2.23. The molecule has 1 aromatic carbocycles. The van der Waals surface area contributed by atoms with Crippen molar-refractivity contribution < 1.29 is 9.90 Å².